The van der Waals surface area contributed by atoms with Crippen LogP contribution < -0.4 is 9.62 Å². The molecule has 0 aliphatic heterocycles. The van der Waals surface area contributed by atoms with Crippen LogP contribution in [0.1, 0.15) is 38.3 Å². The highest BCUT2D eigenvalue weighted by atomic mass is 35.5. The van der Waals surface area contributed by atoms with Gasteiger partial charge in [-0.15, -0.1) is 0 Å². The monoisotopic (exact) mass is 589 g/mol. The number of benzene rings is 3. The lowest BCUT2D eigenvalue weighted by atomic mass is 10.1. The molecule has 0 saturated carbocycles. The summed E-state index contributed by atoms with van der Waals surface area (Å²) in [5.41, 5.74) is 1.62. The Kier molecular flexibility index (Phi) is 10.4. The Morgan fingerprint density at radius 2 is 1.54 bits per heavy atom. The number of hydrogen-bond acceptors (Lipinski definition) is 4. The number of carbonyl (C=O) groups is 2. The van der Waals surface area contributed by atoms with Crippen LogP contribution in [0.15, 0.2) is 77.7 Å². The first-order valence-corrected chi connectivity index (χ1v) is 14.8. The first kappa shape index (κ1) is 30.5. The summed E-state index contributed by atoms with van der Waals surface area (Å²) < 4.78 is 28.6. The summed E-state index contributed by atoms with van der Waals surface area (Å²) >= 11 is 12.8. The molecule has 7 nitrogen and oxygen atoms in total. The second-order valence-corrected chi connectivity index (χ2v) is 12.1. The van der Waals surface area contributed by atoms with E-state index in [9.17, 15) is 18.0 Å². The molecule has 0 spiro atoms. The number of hydrogen-bond donors (Lipinski definition) is 1. The van der Waals surface area contributed by atoms with Gasteiger partial charge in [0.25, 0.3) is 10.0 Å². The lowest BCUT2D eigenvalue weighted by molar-refractivity contribution is -0.139. The van der Waals surface area contributed by atoms with Crippen molar-refractivity contribution in [2.24, 2.45) is 0 Å². The molecule has 0 radical (unpaired) electrons. The van der Waals surface area contributed by atoms with Gasteiger partial charge in [0.15, 0.2) is 0 Å². The molecule has 0 unspecified atom stereocenters. The van der Waals surface area contributed by atoms with E-state index in [2.05, 4.69) is 5.32 Å². The van der Waals surface area contributed by atoms with Gasteiger partial charge < -0.3 is 10.2 Å². The number of amides is 2. The quantitative estimate of drug-likeness (QED) is 0.305. The topological polar surface area (TPSA) is 86.8 Å². The number of aryl methyl sites for hydroxylation is 1. The van der Waals surface area contributed by atoms with E-state index < -0.39 is 28.5 Å². The standard InChI is InChI=1S/C29H33Cl2N3O4S/c1-5-21(3)32-29(36)22(4)33(18-25-26(30)15-10-16-27(25)31)28(35)19-34(23-12-9-11-20(2)17-23)39(37,38)24-13-7-6-8-14-24/h6-17,21-22H,5,18-19H2,1-4H3,(H,32,36)/t21-,22-/m0/s1. The van der Waals surface area contributed by atoms with Crippen molar-refractivity contribution in [1.82, 2.24) is 10.2 Å². The van der Waals surface area contributed by atoms with Gasteiger partial charge in [0.1, 0.15) is 12.6 Å². The van der Waals surface area contributed by atoms with Crippen molar-refractivity contribution in [1.29, 1.82) is 0 Å². The zero-order chi connectivity index (χ0) is 28.7. The third-order valence-corrected chi connectivity index (χ3v) is 8.95. The molecule has 0 aromatic heterocycles. The lowest BCUT2D eigenvalue weighted by Crippen LogP contribution is -2.52. The number of rotatable bonds is 11. The molecular weight excluding hydrogens is 557 g/mol. The van der Waals surface area contributed by atoms with Crippen LogP contribution in [-0.4, -0.2) is 43.8 Å². The Bertz CT molecular complexity index is 1400. The minimum atomic E-state index is -4.12. The minimum absolute atomic E-state index is 0.0440. The van der Waals surface area contributed by atoms with Gasteiger partial charge in [0.2, 0.25) is 11.8 Å². The third kappa shape index (κ3) is 7.53. The number of nitrogens with zero attached hydrogens (tertiary/aromatic N) is 2. The normalized spacial score (nSPS) is 12.9. The van der Waals surface area contributed by atoms with E-state index in [1.807, 2.05) is 26.8 Å². The summed E-state index contributed by atoms with van der Waals surface area (Å²) in [6, 6.07) is 18.8. The fraction of sp³-hybridized carbons (Fsp3) is 0.310. The maximum Gasteiger partial charge on any atom is 0.264 e. The molecular formula is C29H33Cl2N3O4S. The van der Waals surface area contributed by atoms with Crippen LogP contribution in [0.2, 0.25) is 10.0 Å². The highest BCUT2D eigenvalue weighted by Crippen LogP contribution is 2.28. The zero-order valence-electron chi connectivity index (χ0n) is 22.4. The van der Waals surface area contributed by atoms with Crippen molar-refractivity contribution in [2.45, 2.75) is 57.6 Å². The minimum Gasteiger partial charge on any atom is -0.352 e. The molecule has 208 valence electrons. The molecule has 3 aromatic rings. The van der Waals surface area contributed by atoms with E-state index >= 15 is 0 Å². The molecule has 10 heteroatoms. The van der Waals surface area contributed by atoms with Gasteiger partial charge in [-0.25, -0.2) is 8.42 Å². The number of nitrogens with one attached hydrogen (secondary N) is 1. The first-order chi connectivity index (χ1) is 18.4. The number of carbonyl (C=O) groups excluding carboxylic acids is 2. The van der Waals surface area contributed by atoms with Crippen LogP contribution >= 0.6 is 23.2 Å². The maximum atomic E-state index is 14.0. The van der Waals surface area contributed by atoms with E-state index in [1.54, 1.807) is 61.5 Å². The van der Waals surface area contributed by atoms with E-state index in [0.29, 0.717) is 27.7 Å². The molecule has 3 aromatic carbocycles. The van der Waals surface area contributed by atoms with Crippen molar-refractivity contribution < 1.29 is 18.0 Å². The lowest BCUT2D eigenvalue weighted by Gasteiger charge is -2.33. The summed E-state index contributed by atoms with van der Waals surface area (Å²) in [6.07, 6.45) is 0.708. The fourth-order valence-corrected chi connectivity index (χ4v) is 5.88. The van der Waals surface area contributed by atoms with Gasteiger partial charge in [-0.05, 0) is 69.2 Å². The molecule has 0 aliphatic carbocycles. The average Bonchev–Trinajstić information content (AvgIpc) is 2.91. The van der Waals surface area contributed by atoms with Crippen LogP contribution in [0.3, 0.4) is 0 Å². The highest BCUT2D eigenvalue weighted by molar-refractivity contribution is 7.92. The van der Waals surface area contributed by atoms with E-state index in [4.69, 9.17) is 23.2 Å². The molecule has 0 heterocycles. The SMILES string of the molecule is CC[C@H](C)NC(=O)[C@H](C)N(Cc1c(Cl)cccc1Cl)C(=O)CN(c1cccc(C)c1)S(=O)(=O)c1ccccc1. The van der Waals surface area contributed by atoms with Crippen molar-refractivity contribution in [3.8, 4) is 0 Å². The maximum absolute atomic E-state index is 14.0. The van der Waals surface area contributed by atoms with Crippen LogP contribution in [-0.2, 0) is 26.2 Å². The summed E-state index contributed by atoms with van der Waals surface area (Å²) in [6.45, 7) is 6.63. The summed E-state index contributed by atoms with van der Waals surface area (Å²) in [5, 5.41) is 3.57. The smallest absolute Gasteiger partial charge is 0.264 e. The summed E-state index contributed by atoms with van der Waals surface area (Å²) in [7, 11) is -4.12. The predicted molar refractivity (Wildman–Crippen MR) is 157 cm³/mol. The molecule has 39 heavy (non-hydrogen) atoms. The zero-order valence-corrected chi connectivity index (χ0v) is 24.7. The largest absolute Gasteiger partial charge is 0.352 e. The number of anilines is 1. The summed E-state index contributed by atoms with van der Waals surface area (Å²) in [4.78, 5) is 28.5. The number of halogens is 2. The first-order valence-electron chi connectivity index (χ1n) is 12.6. The molecule has 0 saturated heterocycles. The molecule has 1 N–H and O–H groups in total. The second-order valence-electron chi connectivity index (χ2n) is 9.38. The van der Waals surface area contributed by atoms with Gasteiger partial charge in [-0.3, -0.25) is 13.9 Å². The molecule has 2 atom stereocenters. The molecule has 2 amide bonds. The van der Waals surface area contributed by atoms with Crippen molar-refractivity contribution in [3.63, 3.8) is 0 Å². The Morgan fingerprint density at radius 1 is 0.923 bits per heavy atom. The van der Waals surface area contributed by atoms with Gasteiger partial charge in [0, 0.05) is 28.2 Å². The molecule has 0 aliphatic rings. The third-order valence-electron chi connectivity index (χ3n) is 6.46. The average molecular weight is 591 g/mol. The van der Waals surface area contributed by atoms with E-state index in [0.717, 1.165) is 9.87 Å². The predicted octanol–water partition coefficient (Wildman–Crippen LogP) is 5.83. The van der Waals surface area contributed by atoms with Crippen LogP contribution in [0.5, 0.6) is 0 Å². The fourth-order valence-electron chi connectivity index (χ4n) is 3.93. The molecule has 0 fully saturated rings. The van der Waals surface area contributed by atoms with Gasteiger partial charge >= 0.3 is 0 Å². The van der Waals surface area contributed by atoms with E-state index in [1.165, 1.54) is 17.0 Å². The second kappa shape index (κ2) is 13.3. The van der Waals surface area contributed by atoms with E-state index in [-0.39, 0.29) is 23.4 Å². The Labute approximate surface area is 240 Å². The summed E-state index contributed by atoms with van der Waals surface area (Å²) in [5.74, 6) is -0.951. The van der Waals surface area contributed by atoms with Crippen molar-refractivity contribution in [3.05, 3.63) is 94.0 Å². The van der Waals surface area contributed by atoms with Crippen molar-refractivity contribution in [2.75, 3.05) is 10.8 Å². The van der Waals surface area contributed by atoms with Gasteiger partial charge in [-0.1, -0.05) is 66.5 Å². The van der Waals surface area contributed by atoms with Gasteiger partial charge in [-0.2, -0.15) is 0 Å². The molecule has 3 rings (SSSR count). The van der Waals surface area contributed by atoms with Crippen LogP contribution in [0.4, 0.5) is 5.69 Å². The highest BCUT2D eigenvalue weighted by Gasteiger charge is 2.33. The van der Waals surface area contributed by atoms with Crippen molar-refractivity contribution >= 4 is 50.7 Å². The molecule has 0 bridgehead atoms. The Balaban J connectivity index is 2.06. The van der Waals surface area contributed by atoms with Gasteiger partial charge in [0.05, 0.1) is 10.6 Å². The van der Waals surface area contributed by atoms with Crippen LogP contribution in [0.25, 0.3) is 0 Å². The Morgan fingerprint density at radius 3 is 2.13 bits per heavy atom. The Hall–Kier alpha value is -3.07. The number of sulfonamides is 1. The van der Waals surface area contributed by atoms with Crippen LogP contribution in [0, 0.1) is 6.92 Å².